The molecule has 0 bridgehead atoms. The van der Waals surface area contributed by atoms with Crippen molar-refractivity contribution in [2.45, 2.75) is 29.4 Å². The SMILES string of the molecule is NS(=O)(=O)c1cnc(OCC2(F)CCN(C3COC3)CC2)c(Cl)c1. The van der Waals surface area contributed by atoms with Gasteiger partial charge in [0.15, 0.2) is 0 Å². The lowest BCUT2D eigenvalue weighted by Crippen LogP contribution is -2.55. The Morgan fingerprint density at radius 1 is 1.46 bits per heavy atom. The Balaban J connectivity index is 1.57. The van der Waals surface area contributed by atoms with Crippen LogP contribution in [-0.4, -0.2) is 62.9 Å². The number of aromatic nitrogens is 1. The predicted molar refractivity (Wildman–Crippen MR) is 85.4 cm³/mol. The Morgan fingerprint density at radius 3 is 2.62 bits per heavy atom. The van der Waals surface area contributed by atoms with Crippen molar-refractivity contribution in [3.05, 3.63) is 17.3 Å². The molecule has 1 aromatic rings. The number of nitrogens with two attached hydrogens (primary N) is 1. The Kier molecular flexibility index (Phi) is 4.99. The summed E-state index contributed by atoms with van der Waals surface area (Å²) in [7, 11) is -3.89. The Bertz CT molecular complexity index is 706. The molecule has 0 aromatic carbocycles. The van der Waals surface area contributed by atoms with Gasteiger partial charge in [-0.1, -0.05) is 11.6 Å². The summed E-state index contributed by atoms with van der Waals surface area (Å²) >= 11 is 5.94. The van der Waals surface area contributed by atoms with Gasteiger partial charge in [-0.25, -0.2) is 22.9 Å². The molecule has 2 aliphatic rings. The van der Waals surface area contributed by atoms with Gasteiger partial charge in [0.2, 0.25) is 15.9 Å². The molecule has 24 heavy (non-hydrogen) atoms. The molecule has 2 aliphatic heterocycles. The summed E-state index contributed by atoms with van der Waals surface area (Å²) in [5.74, 6) is -0.00378. The maximum atomic E-state index is 14.8. The first-order chi connectivity index (χ1) is 11.3. The third-order valence-corrected chi connectivity index (χ3v) is 5.56. The lowest BCUT2D eigenvalue weighted by atomic mass is 9.93. The Labute approximate surface area is 144 Å². The molecule has 0 amide bonds. The monoisotopic (exact) mass is 379 g/mol. The number of halogens is 2. The summed E-state index contributed by atoms with van der Waals surface area (Å²) in [6, 6.07) is 1.54. The fraction of sp³-hybridized carbons (Fsp3) is 0.643. The minimum Gasteiger partial charge on any atom is -0.473 e. The predicted octanol–water partition coefficient (Wildman–Crippen LogP) is 0.964. The first-order valence-electron chi connectivity index (χ1n) is 7.59. The quantitative estimate of drug-likeness (QED) is 0.819. The molecule has 3 heterocycles. The fourth-order valence-corrected chi connectivity index (χ4v) is 3.50. The van der Waals surface area contributed by atoms with Gasteiger partial charge in [0.05, 0.1) is 25.5 Å². The fourth-order valence-electron chi connectivity index (χ4n) is 2.74. The number of nitrogens with zero attached hydrogens (tertiary/aromatic N) is 2. The van der Waals surface area contributed by atoms with Gasteiger partial charge >= 0.3 is 0 Å². The van der Waals surface area contributed by atoms with Gasteiger partial charge in [0, 0.05) is 13.1 Å². The number of ether oxygens (including phenoxy) is 2. The topological polar surface area (TPSA) is 94.8 Å². The van der Waals surface area contributed by atoms with Crippen LogP contribution >= 0.6 is 11.6 Å². The maximum absolute atomic E-state index is 14.8. The highest BCUT2D eigenvalue weighted by Gasteiger charge is 2.39. The van der Waals surface area contributed by atoms with E-state index in [-0.39, 0.29) is 22.4 Å². The highest BCUT2D eigenvalue weighted by atomic mass is 35.5. The third-order valence-electron chi connectivity index (χ3n) is 4.41. The molecule has 0 aliphatic carbocycles. The molecular weight excluding hydrogens is 361 g/mol. The van der Waals surface area contributed by atoms with Gasteiger partial charge < -0.3 is 9.47 Å². The van der Waals surface area contributed by atoms with Gasteiger partial charge in [0.1, 0.15) is 22.2 Å². The van der Waals surface area contributed by atoms with E-state index in [1.807, 2.05) is 0 Å². The summed E-state index contributed by atoms with van der Waals surface area (Å²) < 4.78 is 47.9. The molecule has 2 saturated heterocycles. The van der Waals surface area contributed by atoms with Crippen LogP contribution in [0.15, 0.2) is 17.2 Å². The third kappa shape index (κ3) is 3.97. The number of primary sulfonamides is 1. The lowest BCUT2D eigenvalue weighted by molar-refractivity contribution is -0.0892. The number of hydrogen-bond acceptors (Lipinski definition) is 6. The van der Waals surface area contributed by atoms with Crippen LogP contribution in [0.25, 0.3) is 0 Å². The Morgan fingerprint density at radius 2 is 2.12 bits per heavy atom. The smallest absolute Gasteiger partial charge is 0.239 e. The number of hydrogen-bond donors (Lipinski definition) is 1. The van der Waals surface area contributed by atoms with Crippen molar-refractivity contribution in [3.8, 4) is 5.88 Å². The van der Waals surface area contributed by atoms with E-state index in [4.69, 9.17) is 26.2 Å². The van der Waals surface area contributed by atoms with E-state index in [1.165, 1.54) is 0 Å². The molecule has 0 unspecified atom stereocenters. The van der Waals surface area contributed by atoms with E-state index in [9.17, 15) is 12.8 Å². The van der Waals surface area contributed by atoms with E-state index in [0.29, 0.717) is 45.2 Å². The number of piperidine rings is 1. The van der Waals surface area contributed by atoms with Crippen molar-refractivity contribution in [1.82, 2.24) is 9.88 Å². The molecule has 1 aromatic heterocycles. The molecule has 3 rings (SSSR count). The molecule has 0 spiro atoms. The van der Waals surface area contributed by atoms with Crippen LogP contribution < -0.4 is 9.88 Å². The second-order valence-corrected chi connectivity index (χ2v) is 8.14. The molecule has 0 radical (unpaired) electrons. The van der Waals surface area contributed by atoms with Crippen LogP contribution in [0, 0.1) is 0 Å². The zero-order valence-corrected chi connectivity index (χ0v) is 14.5. The van der Waals surface area contributed by atoms with Crippen LogP contribution in [0.2, 0.25) is 5.02 Å². The molecule has 2 N–H and O–H groups in total. The van der Waals surface area contributed by atoms with Gasteiger partial charge in [-0.3, -0.25) is 4.90 Å². The first-order valence-corrected chi connectivity index (χ1v) is 9.51. The van der Waals surface area contributed by atoms with Gasteiger partial charge in [-0.05, 0) is 18.9 Å². The molecular formula is C14H19ClFN3O4S. The summed E-state index contributed by atoms with van der Waals surface area (Å²) in [6.45, 7) is 2.56. The number of likely N-dealkylation sites (tertiary alicyclic amines) is 1. The van der Waals surface area contributed by atoms with E-state index in [2.05, 4.69) is 9.88 Å². The first kappa shape index (κ1) is 17.8. The van der Waals surface area contributed by atoms with Crippen molar-refractivity contribution in [3.63, 3.8) is 0 Å². The number of rotatable bonds is 5. The van der Waals surface area contributed by atoms with Crippen LogP contribution in [0.1, 0.15) is 12.8 Å². The van der Waals surface area contributed by atoms with Crippen LogP contribution in [-0.2, 0) is 14.8 Å². The summed E-state index contributed by atoms with van der Waals surface area (Å²) in [5.41, 5.74) is -1.45. The molecule has 7 nitrogen and oxygen atoms in total. The number of pyridine rings is 1. The Hall–Kier alpha value is -1.00. The zero-order chi connectivity index (χ0) is 17.4. The van der Waals surface area contributed by atoms with Crippen molar-refractivity contribution in [1.29, 1.82) is 0 Å². The highest BCUT2D eigenvalue weighted by Crippen LogP contribution is 2.31. The van der Waals surface area contributed by atoms with Gasteiger partial charge in [-0.2, -0.15) is 0 Å². The molecule has 0 saturated carbocycles. The minimum atomic E-state index is -3.89. The van der Waals surface area contributed by atoms with Crippen molar-refractivity contribution in [2.75, 3.05) is 32.9 Å². The number of alkyl halides is 1. The van der Waals surface area contributed by atoms with Crippen molar-refractivity contribution in [2.24, 2.45) is 5.14 Å². The van der Waals surface area contributed by atoms with Gasteiger partial charge in [-0.15, -0.1) is 0 Å². The van der Waals surface area contributed by atoms with Crippen LogP contribution in [0.5, 0.6) is 5.88 Å². The van der Waals surface area contributed by atoms with Gasteiger partial charge in [0.25, 0.3) is 0 Å². The number of sulfonamides is 1. The van der Waals surface area contributed by atoms with E-state index < -0.39 is 15.7 Å². The largest absolute Gasteiger partial charge is 0.473 e. The normalized spacial score (nSPS) is 22.1. The summed E-state index contributed by atoms with van der Waals surface area (Å²) in [4.78, 5) is 5.83. The molecule has 0 atom stereocenters. The van der Waals surface area contributed by atoms with E-state index >= 15 is 0 Å². The van der Waals surface area contributed by atoms with Crippen LogP contribution in [0.3, 0.4) is 0 Å². The highest BCUT2D eigenvalue weighted by molar-refractivity contribution is 7.89. The maximum Gasteiger partial charge on any atom is 0.239 e. The molecule has 134 valence electrons. The average molecular weight is 380 g/mol. The minimum absolute atomic E-state index is 0.00378. The summed E-state index contributed by atoms with van der Waals surface area (Å²) in [5, 5.41) is 4.98. The zero-order valence-electron chi connectivity index (χ0n) is 13.0. The average Bonchev–Trinajstić information content (AvgIpc) is 2.46. The molecule has 2 fully saturated rings. The standard InChI is InChI=1S/C14H19ClFN3O4S/c15-12-5-11(24(17,20)21)6-18-13(12)23-9-14(16)1-3-19(4-2-14)10-7-22-8-10/h5-6,10H,1-4,7-9H2,(H2,17,20,21). The lowest BCUT2D eigenvalue weighted by Gasteiger charge is -2.43. The van der Waals surface area contributed by atoms with Crippen molar-refractivity contribution >= 4 is 21.6 Å². The second kappa shape index (κ2) is 6.72. The second-order valence-electron chi connectivity index (χ2n) is 6.17. The van der Waals surface area contributed by atoms with Crippen molar-refractivity contribution < 1.29 is 22.3 Å². The van der Waals surface area contributed by atoms with E-state index in [1.54, 1.807) is 0 Å². The summed E-state index contributed by atoms with van der Waals surface area (Å²) in [6.07, 6.45) is 1.76. The van der Waals surface area contributed by atoms with E-state index in [0.717, 1.165) is 12.3 Å². The van der Waals surface area contributed by atoms with Crippen LogP contribution in [0.4, 0.5) is 4.39 Å². The molecule has 10 heteroatoms.